The lowest BCUT2D eigenvalue weighted by molar-refractivity contribution is -0.134. The van der Waals surface area contributed by atoms with E-state index in [1.54, 1.807) is 10.4 Å². The number of aryl methyl sites for hydroxylation is 2. The maximum absolute atomic E-state index is 13.2. The molecule has 0 saturated carbocycles. The van der Waals surface area contributed by atoms with Crippen LogP contribution in [0.3, 0.4) is 0 Å². The zero-order valence-electron chi connectivity index (χ0n) is 18.9. The lowest BCUT2D eigenvalue weighted by Gasteiger charge is -2.38. The summed E-state index contributed by atoms with van der Waals surface area (Å²) >= 11 is 0. The summed E-state index contributed by atoms with van der Waals surface area (Å²) in [6, 6.07) is 6.12. The summed E-state index contributed by atoms with van der Waals surface area (Å²) in [5.41, 5.74) is 2.47. The van der Waals surface area contributed by atoms with Gasteiger partial charge in [0, 0.05) is 38.8 Å². The smallest absolute Gasteiger partial charge is 0.243 e. The highest BCUT2D eigenvalue weighted by Gasteiger charge is 2.32. The lowest BCUT2D eigenvalue weighted by Crippen LogP contribution is -2.54. The van der Waals surface area contributed by atoms with Crippen LogP contribution in [0.2, 0.25) is 0 Å². The third-order valence-electron chi connectivity index (χ3n) is 7.12. The Morgan fingerprint density at radius 3 is 2.42 bits per heavy atom. The number of benzene rings is 1. The van der Waals surface area contributed by atoms with E-state index < -0.39 is 10.0 Å². The Bertz CT molecular complexity index is 894. The summed E-state index contributed by atoms with van der Waals surface area (Å²) < 4.78 is 27.9. The van der Waals surface area contributed by atoms with Gasteiger partial charge in [0.05, 0.1) is 11.4 Å². The Balaban J connectivity index is 1.33. The molecule has 2 fully saturated rings. The molecule has 2 heterocycles. The Hall–Kier alpha value is -1.48. The fourth-order valence-electron chi connectivity index (χ4n) is 5.08. The number of carbonyl (C=O) groups is 1. The summed E-state index contributed by atoms with van der Waals surface area (Å²) in [5.74, 6) is 0.116. The van der Waals surface area contributed by atoms with E-state index in [9.17, 15) is 13.2 Å². The highest BCUT2D eigenvalue weighted by molar-refractivity contribution is 7.89. The molecule has 1 atom stereocenters. The zero-order chi connectivity index (χ0) is 22.0. The molecule has 1 aliphatic carbocycles. The van der Waals surface area contributed by atoms with Crippen LogP contribution in [0.1, 0.15) is 36.8 Å². The molecule has 2 aliphatic heterocycles. The first-order chi connectivity index (χ1) is 14.8. The molecule has 0 radical (unpaired) electrons. The van der Waals surface area contributed by atoms with E-state index in [1.807, 2.05) is 17.0 Å². The first-order valence-corrected chi connectivity index (χ1v) is 13.1. The largest absolute Gasteiger partial charge is 0.339 e. The Morgan fingerprint density at radius 2 is 1.71 bits per heavy atom. The highest BCUT2D eigenvalue weighted by atomic mass is 32.2. The van der Waals surface area contributed by atoms with Crippen molar-refractivity contribution in [3.8, 4) is 0 Å². The number of likely N-dealkylation sites (tertiary alicyclic amines) is 1. The normalized spacial score (nSPS) is 23.7. The van der Waals surface area contributed by atoms with Gasteiger partial charge in [0.2, 0.25) is 15.9 Å². The van der Waals surface area contributed by atoms with Crippen molar-refractivity contribution in [3.05, 3.63) is 29.3 Å². The van der Waals surface area contributed by atoms with E-state index >= 15 is 0 Å². The molecule has 1 unspecified atom stereocenters. The van der Waals surface area contributed by atoms with Gasteiger partial charge >= 0.3 is 0 Å². The van der Waals surface area contributed by atoms with E-state index in [4.69, 9.17) is 0 Å². The molecule has 3 aliphatic rings. The van der Waals surface area contributed by atoms with Crippen molar-refractivity contribution in [2.75, 3.05) is 59.9 Å². The number of likely N-dealkylation sites (N-methyl/N-ethyl adjacent to an activating group) is 1. The Kier molecular flexibility index (Phi) is 7.01. The summed E-state index contributed by atoms with van der Waals surface area (Å²) in [4.78, 5) is 19.5. The summed E-state index contributed by atoms with van der Waals surface area (Å²) in [6.07, 6.45) is 6.61. The number of hydrogen-bond acceptors (Lipinski definition) is 5. The van der Waals surface area contributed by atoms with Crippen LogP contribution >= 0.6 is 0 Å². The average molecular weight is 449 g/mol. The van der Waals surface area contributed by atoms with E-state index in [1.165, 1.54) is 24.0 Å². The molecule has 1 amide bonds. The SMILES string of the molecule is CN(C)C1CCCN(CC(=O)N2CCN(S(=O)(=O)c3ccc4c(c3)CCCC4)CC2)C1. The number of hydrogen-bond donors (Lipinski definition) is 0. The topological polar surface area (TPSA) is 64.2 Å². The van der Waals surface area contributed by atoms with Crippen molar-refractivity contribution in [2.24, 2.45) is 0 Å². The minimum Gasteiger partial charge on any atom is -0.339 e. The van der Waals surface area contributed by atoms with Gasteiger partial charge in [-0.1, -0.05) is 6.07 Å². The highest BCUT2D eigenvalue weighted by Crippen LogP contribution is 2.26. The molecule has 0 aromatic heterocycles. The van der Waals surface area contributed by atoms with Crippen molar-refractivity contribution in [2.45, 2.75) is 49.5 Å². The van der Waals surface area contributed by atoms with Gasteiger partial charge in [-0.05, 0) is 82.4 Å². The summed E-state index contributed by atoms with van der Waals surface area (Å²) in [6.45, 7) is 3.98. The molecule has 7 nitrogen and oxygen atoms in total. The number of nitrogens with zero attached hydrogens (tertiary/aromatic N) is 4. The molecule has 31 heavy (non-hydrogen) atoms. The van der Waals surface area contributed by atoms with Crippen LogP contribution in [0.5, 0.6) is 0 Å². The van der Waals surface area contributed by atoms with Gasteiger partial charge < -0.3 is 9.80 Å². The van der Waals surface area contributed by atoms with E-state index in [0.29, 0.717) is 43.7 Å². The average Bonchev–Trinajstić information content (AvgIpc) is 2.79. The van der Waals surface area contributed by atoms with Crippen molar-refractivity contribution in [3.63, 3.8) is 0 Å². The van der Waals surface area contributed by atoms with Crippen molar-refractivity contribution in [1.82, 2.24) is 19.0 Å². The van der Waals surface area contributed by atoms with E-state index in [0.717, 1.165) is 38.8 Å². The van der Waals surface area contributed by atoms with Crippen LogP contribution in [0.15, 0.2) is 23.1 Å². The maximum Gasteiger partial charge on any atom is 0.243 e. The van der Waals surface area contributed by atoms with Crippen LogP contribution in [0, 0.1) is 0 Å². The Morgan fingerprint density at radius 1 is 1.00 bits per heavy atom. The van der Waals surface area contributed by atoms with Gasteiger partial charge in [-0.25, -0.2) is 8.42 Å². The summed E-state index contributed by atoms with van der Waals surface area (Å²) in [7, 11) is 0.682. The van der Waals surface area contributed by atoms with Gasteiger partial charge in [0.15, 0.2) is 0 Å². The molecule has 2 saturated heterocycles. The van der Waals surface area contributed by atoms with Gasteiger partial charge in [-0.2, -0.15) is 4.31 Å². The molecule has 172 valence electrons. The monoisotopic (exact) mass is 448 g/mol. The standard InChI is InChI=1S/C23H36N4O3S/c1-24(2)21-8-5-11-25(17-21)18-23(28)26-12-14-27(15-13-26)31(29,30)22-10-9-19-6-3-4-7-20(19)16-22/h9-10,16,21H,3-8,11-15,17-18H2,1-2H3. The predicted molar refractivity (Wildman–Crippen MR) is 122 cm³/mol. The van der Waals surface area contributed by atoms with Gasteiger partial charge in [0.25, 0.3) is 0 Å². The zero-order valence-corrected chi connectivity index (χ0v) is 19.7. The second kappa shape index (κ2) is 9.57. The number of fused-ring (bicyclic) bond motifs is 1. The fraction of sp³-hybridized carbons (Fsp3) is 0.696. The molecular formula is C23H36N4O3S. The van der Waals surface area contributed by atoms with Crippen LogP contribution in [0.4, 0.5) is 0 Å². The van der Waals surface area contributed by atoms with Crippen molar-refractivity contribution < 1.29 is 13.2 Å². The quantitative estimate of drug-likeness (QED) is 0.682. The molecule has 0 spiro atoms. The molecular weight excluding hydrogens is 412 g/mol. The minimum absolute atomic E-state index is 0.116. The molecule has 0 bridgehead atoms. The second-order valence-corrected chi connectivity index (χ2v) is 11.4. The van der Waals surface area contributed by atoms with Crippen LogP contribution < -0.4 is 0 Å². The maximum atomic E-state index is 13.2. The Labute approximate surface area is 187 Å². The van der Waals surface area contributed by atoms with Crippen molar-refractivity contribution in [1.29, 1.82) is 0 Å². The van der Waals surface area contributed by atoms with E-state index in [2.05, 4.69) is 23.9 Å². The van der Waals surface area contributed by atoms with Crippen LogP contribution in [-0.4, -0.2) is 99.3 Å². The molecule has 4 rings (SSSR count). The molecule has 1 aromatic rings. The number of piperidine rings is 1. The predicted octanol–water partition coefficient (Wildman–Crippen LogP) is 1.42. The first kappa shape index (κ1) is 22.7. The van der Waals surface area contributed by atoms with Gasteiger partial charge in [-0.3, -0.25) is 9.69 Å². The molecule has 8 heteroatoms. The molecule has 1 aromatic carbocycles. The number of carbonyl (C=O) groups excluding carboxylic acids is 1. The number of piperazine rings is 1. The minimum atomic E-state index is -3.51. The number of amides is 1. The second-order valence-electron chi connectivity index (χ2n) is 9.42. The third kappa shape index (κ3) is 5.13. The van der Waals surface area contributed by atoms with Crippen molar-refractivity contribution >= 4 is 15.9 Å². The number of rotatable bonds is 5. The first-order valence-electron chi connectivity index (χ1n) is 11.6. The summed E-state index contributed by atoms with van der Waals surface area (Å²) in [5, 5.41) is 0. The number of sulfonamides is 1. The van der Waals surface area contributed by atoms with Crippen LogP contribution in [-0.2, 0) is 27.7 Å². The van der Waals surface area contributed by atoms with Gasteiger partial charge in [-0.15, -0.1) is 0 Å². The lowest BCUT2D eigenvalue weighted by atomic mass is 9.92. The van der Waals surface area contributed by atoms with Gasteiger partial charge in [0.1, 0.15) is 0 Å². The van der Waals surface area contributed by atoms with Crippen LogP contribution in [0.25, 0.3) is 0 Å². The third-order valence-corrected chi connectivity index (χ3v) is 9.01. The fourth-order valence-corrected chi connectivity index (χ4v) is 6.56. The molecule has 0 N–H and O–H groups in total. The van der Waals surface area contributed by atoms with E-state index in [-0.39, 0.29) is 5.91 Å².